The first-order chi connectivity index (χ1) is 10.6. The van der Waals surface area contributed by atoms with Crippen LogP contribution in [-0.4, -0.2) is 23.5 Å². The summed E-state index contributed by atoms with van der Waals surface area (Å²) in [5, 5.41) is 6.46. The molecule has 4 N–H and O–H groups in total. The molecule has 0 aliphatic carbocycles. The van der Waals surface area contributed by atoms with Crippen molar-refractivity contribution in [2.24, 2.45) is 10.8 Å². The highest BCUT2D eigenvalue weighted by molar-refractivity contribution is 5.93. The Morgan fingerprint density at radius 2 is 1.77 bits per heavy atom. The number of benzene rings is 1. The maximum absolute atomic E-state index is 12.1. The van der Waals surface area contributed by atoms with Gasteiger partial charge in [-0.15, -0.1) is 0 Å². The van der Waals surface area contributed by atoms with Gasteiger partial charge in [0, 0.05) is 30.4 Å². The van der Waals surface area contributed by atoms with Gasteiger partial charge in [-0.1, -0.05) is 0 Å². The number of carbonyl (C=O) groups excluding carboxylic acids is 2. The molecule has 1 atom stereocenters. The molecule has 7 nitrogen and oxygen atoms in total. The van der Waals surface area contributed by atoms with Crippen LogP contribution in [0.2, 0.25) is 0 Å². The molecule has 0 saturated carbocycles. The standard InChI is InChI=1S/C15H15N5O2/c1-17-20-15(22)13(10-6-8-18-9-7-10)19-12-4-2-11(3-5-12)14(16)21/h2-9,13,19H,1H2,(H2,16,21)(H,20,22). The van der Waals surface area contributed by atoms with Crippen molar-refractivity contribution in [3.63, 3.8) is 0 Å². The van der Waals surface area contributed by atoms with Crippen molar-refractivity contribution >= 4 is 24.2 Å². The molecule has 2 aromatic rings. The molecule has 0 aliphatic heterocycles. The molecule has 0 fully saturated rings. The Balaban J connectivity index is 2.24. The molecule has 0 spiro atoms. The van der Waals surface area contributed by atoms with Crippen LogP contribution >= 0.6 is 0 Å². The van der Waals surface area contributed by atoms with Crippen molar-refractivity contribution in [1.29, 1.82) is 0 Å². The number of hydrogen-bond donors (Lipinski definition) is 3. The molecule has 1 unspecified atom stereocenters. The number of nitrogens with two attached hydrogens (primary N) is 1. The van der Waals surface area contributed by atoms with Gasteiger partial charge in [0.15, 0.2) is 0 Å². The molecule has 2 amide bonds. The zero-order valence-electron chi connectivity index (χ0n) is 11.7. The Labute approximate surface area is 127 Å². The highest BCUT2D eigenvalue weighted by Crippen LogP contribution is 2.20. The first-order valence-corrected chi connectivity index (χ1v) is 6.43. The third kappa shape index (κ3) is 3.66. The summed E-state index contributed by atoms with van der Waals surface area (Å²) in [5.41, 5.74) is 9.27. The first kappa shape index (κ1) is 15.2. The van der Waals surface area contributed by atoms with E-state index in [-0.39, 0.29) is 5.91 Å². The van der Waals surface area contributed by atoms with E-state index in [2.05, 4.69) is 27.5 Å². The van der Waals surface area contributed by atoms with Crippen LogP contribution in [0.4, 0.5) is 5.69 Å². The third-order valence-corrected chi connectivity index (χ3v) is 2.97. The number of anilines is 1. The van der Waals surface area contributed by atoms with E-state index in [0.29, 0.717) is 11.3 Å². The zero-order valence-corrected chi connectivity index (χ0v) is 11.7. The lowest BCUT2D eigenvalue weighted by atomic mass is 10.1. The Morgan fingerprint density at radius 3 is 2.32 bits per heavy atom. The Bertz CT molecular complexity index is 670. The van der Waals surface area contributed by atoms with Gasteiger partial charge in [0.25, 0.3) is 5.91 Å². The van der Waals surface area contributed by atoms with Crippen LogP contribution in [0.1, 0.15) is 22.0 Å². The predicted octanol–water partition coefficient (Wildman–Crippen LogP) is 1.07. The summed E-state index contributed by atoms with van der Waals surface area (Å²) in [6.45, 7) is 3.24. The molecule has 1 aromatic heterocycles. The van der Waals surface area contributed by atoms with E-state index in [1.54, 1.807) is 48.8 Å². The van der Waals surface area contributed by atoms with E-state index in [0.717, 1.165) is 5.56 Å². The van der Waals surface area contributed by atoms with Gasteiger partial charge in [-0.3, -0.25) is 14.6 Å². The normalized spacial score (nSPS) is 11.3. The zero-order chi connectivity index (χ0) is 15.9. The highest BCUT2D eigenvalue weighted by Gasteiger charge is 2.20. The van der Waals surface area contributed by atoms with E-state index >= 15 is 0 Å². The summed E-state index contributed by atoms with van der Waals surface area (Å²) in [4.78, 5) is 27.1. The molecule has 1 aromatic carbocycles. The van der Waals surface area contributed by atoms with Gasteiger partial charge < -0.3 is 11.1 Å². The lowest BCUT2D eigenvalue weighted by Crippen LogP contribution is -2.30. The average molecular weight is 297 g/mol. The van der Waals surface area contributed by atoms with Gasteiger partial charge in [-0.25, -0.2) is 5.43 Å². The first-order valence-electron chi connectivity index (χ1n) is 6.43. The van der Waals surface area contributed by atoms with Crippen LogP contribution in [0.3, 0.4) is 0 Å². The monoisotopic (exact) mass is 297 g/mol. The summed E-state index contributed by atoms with van der Waals surface area (Å²) in [6, 6.07) is 9.27. The van der Waals surface area contributed by atoms with Gasteiger partial charge in [0.2, 0.25) is 5.91 Å². The second-order valence-corrected chi connectivity index (χ2v) is 4.43. The minimum absolute atomic E-state index is 0.361. The van der Waals surface area contributed by atoms with Crippen LogP contribution < -0.4 is 16.5 Å². The second-order valence-electron chi connectivity index (χ2n) is 4.43. The van der Waals surface area contributed by atoms with Crippen LogP contribution in [0.25, 0.3) is 0 Å². The van der Waals surface area contributed by atoms with Gasteiger partial charge >= 0.3 is 0 Å². The Morgan fingerprint density at radius 1 is 1.14 bits per heavy atom. The van der Waals surface area contributed by atoms with Gasteiger partial charge in [0.05, 0.1) is 0 Å². The summed E-state index contributed by atoms with van der Waals surface area (Å²) in [6.07, 6.45) is 3.18. The smallest absolute Gasteiger partial charge is 0.267 e. The van der Waals surface area contributed by atoms with Crippen molar-refractivity contribution in [1.82, 2.24) is 10.4 Å². The molecule has 7 heteroatoms. The van der Waals surface area contributed by atoms with Gasteiger partial charge in [-0.2, -0.15) is 5.10 Å². The van der Waals surface area contributed by atoms with E-state index < -0.39 is 11.9 Å². The molecular weight excluding hydrogens is 282 g/mol. The third-order valence-electron chi connectivity index (χ3n) is 2.97. The molecule has 0 bridgehead atoms. The molecule has 112 valence electrons. The molecule has 0 saturated heterocycles. The van der Waals surface area contributed by atoms with Crippen molar-refractivity contribution in [2.75, 3.05) is 5.32 Å². The maximum Gasteiger partial charge on any atom is 0.267 e. The number of aromatic nitrogens is 1. The molecule has 1 heterocycles. The molecule has 0 aliphatic rings. The SMILES string of the molecule is C=NNC(=O)C(Nc1ccc(C(N)=O)cc1)c1ccncc1. The molecular formula is C15H15N5O2. The fourth-order valence-electron chi connectivity index (χ4n) is 1.90. The van der Waals surface area contributed by atoms with Gasteiger partial charge in [-0.05, 0) is 42.0 Å². The fraction of sp³-hybridized carbons (Fsp3) is 0.0667. The van der Waals surface area contributed by atoms with E-state index in [4.69, 9.17) is 5.73 Å². The highest BCUT2D eigenvalue weighted by atomic mass is 16.2. The predicted molar refractivity (Wildman–Crippen MR) is 83.3 cm³/mol. The van der Waals surface area contributed by atoms with Crippen molar-refractivity contribution in [3.8, 4) is 0 Å². The fourth-order valence-corrected chi connectivity index (χ4v) is 1.90. The topological polar surface area (TPSA) is 109 Å². The van der Waals surface area contributed by atoms with E-state index in [1.807, 2.05) is 0 Å². The van der Waals surface area contributed by atoms with Crippen molar-refractivity contribution < 1.29 is 9.59 Å². The minimum atomic E-state index is -0.673. The van der Waals surface area contributed by atoms with Crippen LogP contribution in [0.15, 0.2) is 53.9 Å². The maximum atomic E-state index is 12.1. The average Bonchev–Trinajstić information content (AvgIpc) is 2.54. The van der Waals surface area contributed by atoms with Crippen molar-refractivity contribution in [3.05, 3.63) is 59.9 Å². The quantitative estimate of drug-likeness (QED) is 0.547. The number of pyridine rings is 1. The van der Waals surface area contributed by atoms with Crippen molar-refractivity contribution in [2.45, 2.75) is 6.04 Å². The minimum Gasteiger partial charge on any atom is -0.370 e. The van der Waals surface area contributed by atoms with E-state index in [1.165, 1.54) is 0 Å². The molecule has 2 rings (SSSR count). The second kappa shape index (κ2) is 6.98. The molecule has 0 radical (unpaired) electrons. The number of primary amides is 1. The number of hydrogen-bond acceptors (Lipinski definition) is 5. The lowest BCUT2D eigenvalue weighted by Gasteiger charge is -2.18. The number of carbonyl (C=O) groups is 2. The summed E-state index contributed by atoms with van der Waals surface area (Å²) < 4.78 is 0. The van der Waals surface area contributed by atoms with E-state index in [9.17, 15) is 9.59 Å². The van der Waals surface area contributed by atoms with Crippen LogP contribution in [0, 0.1) is 0 Å². The Hall–Kier alpha value is -3.22. The summed E-state index contributed by atoms with van der Waals surface area (Å²) in [7, 11) is 0. The number of rotatable bonds is 6. The van der Waals surface area contributed by atoms with Crippen LogP contribution in [0.5, 0.6) is 0 Å². The van der Waals surface area contributed by atoms with Gasteiger partial charge in [0.1, 0.15) is 6.04 Å². The van der Waals surface area contributed by atoms with Crippen LogP contribution in [-0.2, 0) is 4.79 Å². The summed E-state index contributed by atoms with van der Waals surface area (Å²) >= 11 is 0. The summed E-state index contributed by atoms with van der Waals surface area (Å²) in [5.74, 6) is -0.869. The largest absolute Gasteiger partial charge is 0.370 e. The number of hydrazone groups is 1. The lowest BCUT2D eigenvalue weighted by molar-refractivity contribution is -0.121. The Kier molecular flexibility index (Phi) is 4.81. The number of amides is 2. The number of nitrogens with zero attached hydrogens (tertiary/aromatic N) is 2. The number of nitrogens with one attached hydrogen (secondary N) is 2. The molecule has 22 heavy (non-hydrogen) atoms.